The van der Waals surface area contributed by atoms with Gasteiger partial charge in [0.25, 0.3) is 0 Å². The Balaban J connectivity index is 1.71. The zero-order valence-corrected chi connectivity index (χ0v) is 13.3. The third-order valence-corrected chi connectivity index (χ3v) is 4.85. The van der Waals surface area contributed by atoms with Crippen LogP contribution in [0.4, 0.5) is 17.6 Å². The summed E-state index contributed by atoms with van der Waals surface area (Å²) in [7, 11) is 0. The highest BCUT2D eigenvalue weighted by molar-refractivity contribution is 5.19. The van der Waals surface area contributed by atoms with Crippen LogP contribution in [0, 0.1) is 29.3 Å². The van der Waals surface area contributed by atoms with Crippen molar-refractivity contribution in [2.24, 2.45) is 11.8 Å². The number of benzene rings is 1. The van der Waals surface area contributed by atoms with Gasteiger partial charge >= 0.3 is 0 Å². The zero-order valence-electron chi connectivity index (χ0n) is 13.3. The molecule has 0 amide bonds. The predicted molar refractivity (Wildman–Crippen MR) is 84.4 cm³/mol. The maximum Gasteiger partial charge on any atom is 0.194 e. The molecule has 0 radical (unpaired) electrons. The van der Waals surface area contributed by atoms with Gasteiger partial charge in [0.05, 0.1) is 0 Å². The number of allylic oxidation sites excluding steroid dienone is 2. The van der Waals surface area contributed by atoms with Crippen LogP contribution in [0.5, 0.6) is 0 Å². The predicted octanol–water partition coefficient (Wildman–Crippen LogP) is 6.15. The number of hydrogen-bond donors (Lipinski definition) is 0. The lowest BCUT2D eigenvalue weighted by atomic mass is 9.78. The van der Waals surface area contributed by atoms with Crippen molar-refractivity contribution in [1.29, 1.82) is 0 Å². The molecule has 1 aromatic carbocycles. The molecule has 0 nitrogen and oxygen atoms in total. The van der Waals surface area contributed by atoms with Crippen molar-refractivity contribution in [2.45, 2.75) is 51.4 Å². The first-order valence-corrected chi connectivity index (χ1v) is 8.44. The molecule has 1 aliphatic carbocycles. The van der Waals surface area contributed by atoms with Gasteiger partial charge in [-0.1, -0.05) is 37.8 Å². The molecule has 0 aromatic heterocycles. The van der Waals surface area contributed by atoms with Crippen LogP contribution in [0.25, 0.3) is 0 Å². The van der Waals surface area contributed by atoms with Crippen molar-refractivity contribution < 1.29 is 17.6 Å². The van der Waals surface area contributed by atoms with Crippen molar-refractivity contribution in [3.05, 3.63) is 47.3 Å². The third-order valence-electron chi connectivity index (χ3n) is 4.85. The van der Waals surface area contributed by atoms with Crippen molar-refractivity contribution in [3.63, 3.8) is 0 Å². The van der Waals surface area contributed by atoms with E-state index in [2.05, 4.69) is 0 Å². The summed E-state index contributed by atoms with van der Waals surface area (Å²) >= 11 is 0. The SMILES string of the molecule is FCC=CCCC1CCC(CCc2cc(F)c(F)c(F)c2)CC1. The lowest BCUT2D eigenvalue weighted by Crippen LogP contribution is -2.15. The Bertz CT molecular complexity index is 493. The van der Waals surface area contributed by atoms with Crippen LogP contribution in [0.2, 0.25) is 0 Å². The molecule has 1 aliphatic rings. The van der Waals surface area contributed by atoms with Crippen molar-refractivity contribution in [1.82, 2.24) is 0 Å². The van der Waals surface area contributed by atoms with Crippen molar-refractivity contribution in [2.75, 3.05) is 6.67 Å². The summed E-state index contributed by atoms with van der Waals surface area (Å²) in [5.41, 5.74) is 0.528. The normalized spacial score (nSPS) is 21.9. The number of aryl methyl sites for hydroxylation is 1. The third kappa shape index (κ3) is 5.67. The quantitative estimate of drug-likeness (QED) is 0.320. The summed E-state index contributed by atoms with van der Waals surface area (Å²) in [6.07, 6.45) is 11.6. The summed E-state index contributed by atoms with van der Waals surface area (Å²) in [5.74, 6) is -2.33. The monoisotopic (exact) mass is 328 g/mol. The Hall–Kier alpha value is -1.32. The molecule has 0 unspecified atom stereocenters. The highest BCUT2D eigenvalue weighted by Crippen LogP contribution is 2.34. The lowest BCUT2D eigenvalue weighted by Gasteiger charge is -2.28. The number of halogens is 4. The summed E-state index contributed by atoms with van der Waals surface area (Å²) in [6.45, 7) is -0.392. The Labute approximate surface area is 135 Å². The molecular formula is C19H24F4. The molecule has 4 heteroatoms. The molecule has 1 fully saturated rings. The number of alkyl halides is 1. The van der Waals surface area contributed by atoms with E-state index < -0.39 is 24.1 Å². The minimum absolute atomic E-state index is 0.392. The average molecular weight is 328 g/mol. The van der Waals surface area contributed by atoms with E-state index in [1.165, 1.54) is 12.8 Å². The van der Waals surface area contributed by atoms with Crippen molar-refractivity contribution in [3.8, 4) is 0 Å². The molecule has 23 heavy (non-hydrogen) atoms. The average Bonchev–Trinajstić information content (AvgIpc) is 2.55. The summed E-state index contributed by atoms with van der Waals surface area (Å²) in [4.78, 5) is 0. The fourth-order valence-electron chi connectivity index (χ4n) is 3.44. The maximum absolute atomic E-state index is 13.2. The van der Waals surface area contributed by atoms with E-state index in [4.69, 9.17) is 0 Å². The van der Waals surface area contributed by atoms with Crippen LogP contribution in [-0.4, -0.2) is 6.67 Å². The van der Waals surface area contributed by atoms with Gasteiger partial charge in [-0.15, -0.1) is 0 Å². The lowest BCUT2D eigenvalue weighted by molar-refractivity contribution is 0.254. The van der Waals surface area contributed by atoms with Gasteiger partial charge in [-0.05, 0) is 55.2 Å². The van der Waals surface area contributed by atoms with Gasteiger partial charge in [-0.2, -0.15) is 0 Å². The molecule has 0 spiro atoms. The Morgan fingerprint density at radius 1 is 0.870 bits per heavy atom. The van der Waals surface area contributed by atoms with Gasteiger partial charge in [-0.3, -0.25) is 0 Å². The summed E-state index contributed by atoms with van der Waals surface area (Å²) in [5, 5.41) is 0. The van der Waals surface area contributed by atoms with Gasteiger partial charge < -0.3 is 0 Å². The minimum Gasteiger partial charge on any atom is -0.247 e. The molecule has 2 rings (SSSR count). The van der Waals surface area contributed by atoms with Gasteiger partial charge in [0.2, 0.25) is 0 Å². The van der Waals surface area contributed by atoms with E-state index in [9.17, 15) is 17.6 Å². The van der Waals surface area contributed by atoms with Crippen LogP contribution in [0.1, 0.15) is 50.5 Å². The van der Waals surface area contributed by atoms with Gasteiger partial charge in [0.15, 0.2) is 17.5 Å². The van der Waals surface area contributed by atoms with Crippen LogP contribution in [-0.2, 0) is 6.42 Å². The topological polar surface area (TPSA) is 0 Å². The Morgan fingerprint density at radius 3 is 2.00 bits per heavy atom. The van der Waals surface area contributed by atoms with Gasteiger partial charge in [-0.25, -0.2) is 17.6 Å². The maximum atomic E-state index is 13.2. The highest BCUT2D eigenvalue weighted by Gasteiger charge is 2.21. The van der Waals surface area contributed by atoms with Crippen LogP contribution in [0.3, 0.4) is 0 Å². The first-order valence-electron chi connectivity index (χ1n) is 8.44. The van der Waals surface area contributed by atoms with E-state index in [1.54, 1.807) is 6.08 Å². The summed E-state index contributed by atoms with van der Waals surface area (Å²) in [6, 6.07) is 2.20. The number of hydrogen-bond acceptors (Lipinski definition) is 0. The molecule has 1 saturated carbocycles. The highest BCUT2D eigenvalue weighted by atomic mass is 19.2. The molecule has 0 N–H and O–H groups in total. The molecule has 0 bridgehead atoms. The largest absolute Gasteiger partial charge is 0.247 e. The second-order valence-electron chi connectivity index (χ2n) is 6.50. The molecule has 0 heterocycles. The summed E-state index contributed by atoms with van der Waals surface area (Å²) < 4.78 is 51.2. The van der Waals surface area contributed by atoms with E-state index >= 15 is 0 Å². The first-order chi connectivity index (χ1) is 11.1. The van der Waals surface area contributed by atoms with E-state index in [1.807, 2.05) is 6.08 Å². The van der Waals surface area contributed by atoms with E-state index in [0.29, 0.717) is 23.8 Å². The molecule has 128 valence electrons. The fraction of sp³-hybridized carbons (Fsp3) is 0.579. The molecule has 0 atom stereocenters. The fourth-order valence-corrected chi connectivity index (χ4v) is 3.44. The van der Waals surface area contributed by atoms with Crippen LogP contribution < -0.4 is 0 Å². The van der Waals surface area contributed by atoms with Gasteiger partial charge in [0, 0.05) is 0 Å². The smallest absolute Gasteiger partial charge is 0.194 e. The second-order valence-corrected chi connectivity index (χ2v) is 6.50. The molecule has 0 saturated heterocycles. The Morgan fingerprint density at radius 2 is 1.43 bits per heavy atom. The minimum atomic E-state index is -1.39. The van der Waals surface area contributed by atoms with Crippen LogP contribution >= 0.6 is 0 Å². The Kier molecular flexibility index (Phi) is 7.13. The molecular weight excluding hydrogens is 304 g/mol. The number of rotatable bonds is 7. The zero-order chi connectivity index (χ0) is 16.7. The molecule has 1 aromatic rings. The van der Waals surface area contributed by atoms with E-state index in [0.717, 1.165) is 44.2 Å². The molecule has 0 aliphatic heterocycles. The van der Waals surface area contributed by atoms with Crippen molar-refractivity contribution >= 4 is 0 Å². The first kappa shape index (κ1) is 18.0. The van der Waals surface area contributed by atoms with Gasteiger partial charge in [0.1, 0.15) is 6.67 Å². The second kappa shape index (κ2) is 9.09. The standard InChI is InChI=1S/C19H24F4/c20-11-3-1-2-4-14-5-7-15(8-6-14)9-10-16-12-17(21)19(23)18(22)13-16/h1,3,12-15H,2,4-11H2. The van der Waals surface area contributed by atoms with E-state index in [-0.39, 0.29) is 0 Å². The van der Waals surface area contributed by atoms with Crippen LogP contribution in [0.15, 0.2) is 24.3 Å².